The fourth-order valence-electron chi connectivity index (χ4n) is 4.93. The Labute approximate surface area is 202 Å². The lowest BCUT2D eigenvalue weighted by molar-refractivity contribution is -0.143. The van der Waals surface area contributed by atoms with Gasteiger partial charge in [-0.2, -0.15) is 0 Å². The maximum Gasteiger partial charge on any atom is 0.242 e. The molecule has 0 unspecified atom stereocenters. The SMILES string of the molecule is CCCN(CC(=O)N(Cc1cccn1Cc1ccccc1Cl)C1CCCCC1)C(=O)C1CC1. The number of hydrogen-bond acceptors (Lipinski definition) is 2. The molecule has 33 heavy (non-hydrogen) atoms. The number of carbonyl (C=O) groups is 2. The fraction of sp³-hybridized carbons (Fsp3) is 0.556. The van der Waals surface area contributed by atoms with E-state index < -0.39 is 0 Å². The summed E-state index contributed by atoms with van der Waals surface area (Å²) in [5.41, 5.74) is 2.17. The van der Waals surface area contributed by atoms with Gasteiger partial charge in [0, 0.05) is 42.0 Å². The monoisotopic (exact) mass is 469 g/mol. The smallest absolute Gasteiger partial charge is 0.242 e. The molecule has 2 aliphatic rings. The van der Waals surface area contributed by atoms with Gasteiger partial charge in [-0.1, -0.05) is 56.0 Å². The second kappa shape index (κ2) is 11.2. The Morgan fingerprint density at radius 3 is 2.48 bits per heavy atom. The van der Waals surface area contributed by atoms with Gasteiger partial charge in [0.05, 0.1) is 13.1 Å². The molecule has 0 radical (unpaired) electrons. The lowest BCUT2D eigenvalue weighted by Crippen LogP contribution is -2.48. The molecule has 6 heteroatoms. The molecule has 0 aliphatic heterocycles. The third-order valence-corrected chi connectivity index (χ3v) is 7.32. The van der Waals surface area contributed by atoms with E-state index >= 15 is 0 Å². The van der Waals surface area contributed by atoms with Crippen molar-refractivity contribution in [3.05, 3.63) is 58.9 Å². The molecule has 2 saturated carbocycles. The summed E-state index contributed by atoms with van der Waals surface area (Å²) in [5.74, 6) is 0.381. The topological polar surface area (TPSA) is 45.6 Å². The van der Waals surface area contributed by atoms with Crippen molar-refractivity contribution in [1.29, 1.82) is 0 Å². The lowest BCUT2D eigenvalue weighted by atomic mass is 9.94. The first-order chi connectivity index (χ1) is 16.1. The second-order valence-electron chi connectivity index (χ2n) is 9.57. The maximum absolute atomic E-state index is 13.6. The second-order valence-corrected chi connectivity index (χ2v) is 9.97. The average Bonchev–Trinajstić information content (AvgIpc) is 3.59. The maximum atomic E-state index is 13.6. The Balaban J connectivity index is 1.51. The van der Waals surface area contributed by atoms with Crippen LogP contribution in [0.2, 0.25) is 5.02 Å². The van der Waals surface area contributed by atoms with Crippen molar-refractivity contribution in [1.82, 2.24) is 14.4 Å². The van der Waals surface area contributed by atoms with Crippen LogP contribution in [0.1, 0.15) is 69.5 Å². The van der Waals surface area contributed by atoms with E-state index in [9.17, 15) is 9.59 Å². The normalized spacial score (nSPS) is 16.5. The molecule has 0 N–H and O–H groups in total. The van der Waals surface area contributed by atoms with Crippen molar-refractivity contribution < 1.29 is 9.59 Å². The number of rotatable bonds is 10. The van der Waals surface area contributed by atoms with E-state index in [2.05, 4.69) is 28.7 Å². The number of amides is 2. The average molecular weight is 470 g/mol. The van der Waals surface area contributed by atoms with Gasteiger partial charge >= 0.3 is 0 Å². The largest absolute Gasteiger partial charge is 0.345 e. The number of carbonyl (C=O) groups excluding carboxylic acids is 2. The first kappa shape index (κ1) is 23.9. The Kier molecular flexibility index (Phi) is 8.13. The van der Waals surface area contributed by atoms with E-state index in [-0.39, 0.29) is 30.3 Å². The van der Waals surface area contributed by atoms with Crippen molar-refractivity contribution in [3.63, 3.8) is 0 Å². The molecule has 4 rings (SSSR count). The van der Waals surface area contributed by atoms with Crippen LogP contribution < -0.4 is 0 Å². The van der Waals surface area contributed by atoms with Crippen LogP contribution in [0.4, 0.5) is 0 Å². The highest BCUT2D eigenvalue weighted by Crippen LogP contribution is 2.31. The van der Waals surface area contributed by atoms with Gasteiger partial charge in [-0.05, 0) is 55.9 Å². The highest BCUT2D eigenvalue weighted by Gasteiger charge is 2.35. The summed E-state index contributed by atoms with van der Waals surface area (Å²) in [6.07, 6.45) is 10.5. The molecule has 0 atom stereocenters. The van der Waals surface area contributed by atoms with Gasteiger partial charge in [-0.3, -0.25) is 9.59 Å². The summed E-state index contributed by atoms with van der Waals surface area (Å²) in [5, 5.41) is 0.756. The zero-order chi connectivity index (χ0) is 23.2. The number of halogens is 1. The molecular formula is C27H36ClN3O2. The summed E-state index contributed by atoms with van der Waals surface area (Å²) < 4.78 is 2.18. The van der Waals surface area contributed by atoms with Crippen LogP contribution in [0.3, 0.4) is 0 Å². The number of hydrogen-bond donors (Lipinski definition) is 0. The van der Waals surface area contributed by atoms with E-state index in [1.165, 1.54) is 6.42 Å². The molecule has 2 aliphatic carbocycles. The van der Waals surface area contributed by atoms with Crippen molar-refractivity contribution in [2.75, 3.05) is 13.1 Å². The van der Waals surface area contributed by atoms with Gasteiger partial charge in [0.2, 0.25) is 11.8 Å². The molecule has 1 aromatic heterocycles. The highest BCUT2D eigenvalue weighted by atomic mass is 35.5. The first-order valence-corrected chi connectivity index (χ1v) is 12.9. The Hall–Kier alpha value is -2.27. The first-order valence-electron chi connectivity index (χ1n) is 12.5. The van der Waals surface area contributed by atoms with E-state index in [1.54, 1.807) is 4.90 Å². The summed E-state index contributed by atoms with van der Waals surface area (Å²) in [7, 11) is 0. The summed E-state index contributed by atoms with van der Waals surface area (Å²) in [6.45, 7) is 4.17. The molecule has 0 saturated heterocycles. The Morgan fingerprint density at radius 2 is 1.79 bits per heavy atom. The molecule has 178 valence electrons. The van der Waals surface area contributed by atoms with Gasteiger partial charge in [0.1, 0.15) is 0 Å². The van der Waals surface area contributed by atoms with Crippen LogP contribution in [0.25, 0.3) is 0 Å². The summed E-state index contributed by atoms with van der Waals surface area (Å²) in [6, 6.07) is 12.3. The standard InChI is InChI=1S/C27H36ClN3O2/c1-2-16-30(27(33)21-14-15-21)20-26(32)31(23-10-4-3-5-11-23)19-24-12-8-17-29(24)18-22-9-6-7-13-25(22)28/h6-9,12-13,17,21,23H,2-5,10-11,14-16,18-20H2,1H3. The van der Waals surface area contributed by atoms with E-state index in [4.69, 9.17) is 11.6 Å². The highest BCUT2D eigenvalue weighted by molar-refractivity contribution is 6.31. The van der Waals surface area contributed by atoms with Crippen molar-refractivity contribution >= 4 is 23.4 Å². The molecule has 2 fully saturated rings. The van der Waals surface area contributed by atoms with Gasteiger partial charge in [-0.15, -0.1) is 0 Å². The number of aromatic nitrogens is 1. The van der Waals surface area contributed by atoms with Crippen LogP contribution >= 0.6 is 11.6 Å². The van der Waals surface area contributed by atoms with Crippen LogP contribution in [-0.2, 0) is 22.7 Å². The van der Waals surface area contributed by atoms with E-state index in [1.807, 2.05) is 30.3 Å². The van der Waals surface area contributed by atoms with E-state index in [0.29, 0.717) is 19.6 Å². The minimum atomic E-state index is 0.0786. The Bertz CT molecular complexity index is 946. The lowest BCUT2D eigenvalue weighted by Gasteiger charge is -2.36. The predicted octanol–water partition coefficient (Wildman–Crippen LogP) is 5.50. The molecule has 0 spiro atoms. The predicted molar refractivity (Wildman–Crippen MR) is 132 cm³/mol. The third-order valence-electron chi connectivity index (χ3n) is 6.95. The van der Waals surface area contributed by atoms with Crippen molar-refractivity contribution in [2.24, 2.45) is 5.92 Å². The van der Waals surface area contributed by atoms with Crippen LogP contribution in [0.5, 0.6) is 0 Å². The van der Waals surface area contributed by atoms with E-state index in [0.717, 1.165) is 61.2 Å². The molecule has 2 aromatic rings. The summed E-state index contributed by atoms with van der Waals surface area (Å²) in [4.78, 5) is 30.3. The van der Waals surface area contributed by atoms with Crippen LogP contribution in [-0.4, -0.2) is 45.3 Å². The van der Waals surface area contributed by atoms with Crippen molar-refractivity contribution in [2.45, 2.75) is 77.4 Å². The molecule has 1 aromatic carbocycles. The number of nitrogens with zero attached hydrogens (tertiary/aromatic N) is 3. The minimum absolute atomic E-state index is 0.0786. The zero-order valence-corrected chi connectivity index (χ0v) is 20.5. The summed E-state index contributed by atoms with van der Waals surface area (Å²) >= 11 is 6.40. The number of benzene rings is 1. The Morgan fingerprint density at radius 1 is 1.03 bits per heavy atom. The van der Waals surface area contributed by atoms with Crippen molar-refractivity contribution in [3.8, 4) is 0 Å². The molecule has 5 nitrogen and oxygen atoms in total. The van der Waals surface area contributed by atoms with Crippen LogP contribution in [0.15, 0.2) is 42.6 Å². The molecule has 0 bridgehead atoms. The molecule has 2 amide bonds. The zero-order valence-electron chi connectivity index (χ0n) is 19.7. The quantitative estimate of drug-likeness (QED) is 0.461. The molecular weight excluding hydrogens is 434 g/mol. The van der Waals surface area contributed by atoms with Crippen LogP contribution in [0, 0.1) is 5.92 Å². The third kappa shape index (κ3) is 6.20. The fourth-order valence-corrected chi connectivity index (χ4v) is 5.12. The van der Waals surface area contributed by atoms with Gasteiger partial charge < -0.3 is 14.4 Å². The van der Waals surface area contributed by atoms with Gasteiger partial charge in [-0.25, -0.2) is 0 Å². The van der Waals surface area contributed by atoms with Gasteiger partial charge in [0.15, 0.2) is 0 Å². The molecule has 1 heterocycles. The minimum Gasteiger partial charge on any atom is -0.345 e. The van der Waals surface area contributed by atoms with Gasteiger partial charge in [0.25, 0.3) is 0 Å².